The first-order valence-corrected chi connectivity index (χ1v) is 3.30. The number of rotatable bonds is 3. The van der Waals surface area contributed by atoms with Crippen molar-refractivity contribution < 1.29 is 14.6 Å². The number of methoxy groups -OCH3 is 1. The molecule has 1 N–H and O–H groups in total. The normalized spacial score (nSPS) is 31.4. The van der Waals surface area contributed by atoms with Crippen LogP contribution < -0.4 is 0 Å². The zero-order valence-corrected chi connectivity index (χ0v) is 5.99. The van der Waals surface area contributed by atoms with Gasteiger partial charge >= 0.3 is 0 Å². The van der Waals surface area contributed by atoms with Gasteiger partial charge in [0.25, 0.3) is 0 Å². The van der Waals surface area contributed by atoms with Crippen LogP contribution in [0.15, 0.2) is 12.2 Å². The summed E-state index contributed by atoms with van der Waals surface area (Å²) in [5, 5.41) is 8.99. The summed E-state index contributed by atoms with van der Waals surface area (Å²) < 4.78 is 9.85. The lowest BCUT2D eigenvalue weighted by Gasteiger charge is -2.08. The van der Waals surface area contributed by atoms with Gasteiger partial charge in [-0.3, -0.25) is 0 Å². The van der Waals surface area contributed by atoms with E-state index in [1.807, 2.05) is 6.08 Å². The highest BCUT2D eigenvalue weighted by atomic mass is 16.7. The summed E-state index contributed by atoms with van der Waals surface area (Å²) >= 11 is 0. The summed E-state index contributed by atoms with van der Waals surface area (Å²) in [6, 6.07) is 0. The van der Waals surface area contributed by atoms with Gasteiger partial charge in [0.2, 0.25) is 0 Å². The average Bonchev–Trinajstić information content (AvgIpc) is 2.31. The second kappa shape index (κ2) is 3.71. The Bertz CT molecular complexity index is 122. The minimum Gasteiger partial charge on any atom is -0.389 e. The Labute approximate surface area is 60.3 Å². The predicted octanol–water partition coefficient (Wildman–Crippen LogP) is 0.296. The van der Waals surface area contributed by atoms with Gasteiger partial charge < -0.3 is 14.6 Å². The standard InChI is InChI=1S/C7H12O3/c1-9-5-10-7-3-2-6(8)4-7/h2-3,6-8H,4-5H2,1H3/t6-,7-/m0/s1. The van der Waals surface area contributed by atoms with Crippen molar-refractivity contribution in [3.63, 3.8) is 0 Å². The number of aliphatic hydroxyl groups is 1. The summed E-state index contributed by atoms with van der Waals surface area (Å²) in [6.45, 7) is 0.293. The zero-order chi connectivity index (χ0) is 7.40. The van der Waals surface area contributed by atoms with Crippen LogP contribution in [-0.2, 0) is 9.47 Å². The van der Waals surface area contributed by atoms with Crippen LogP contribution in [0.2, 0.25) is 0 Å². The fourth-order valence-electron chi connectivity index (χ4n) is 0.926. The second-order valence-electron chi connectivity index (χ2n) is 2.30. The predicted molar refractivity (Wildman–Crippen MR) is 36.5 cm³/mol. The van der Waals surface area contributed by atoms with E-state index in [2.05, 4.69) is 0 Å². The number of hydrogen-bond acceptors (Lipinski definition) is 3. The Morgan fingerprint density at radius 1 is 1.60 bits per heavy atom. The maximum atomic E-state index is 8.99. The van der Waals surface area contributed by atoms with Crippen LogP contribution in [-0.4, -0.2) is 31.2 Å². The van der Waals surface area contributed by atoms with Gasteiger partial charge in [0, 0.05) is 13.5 Å². The molecule has 1 aliphatic carbocycles. The van der Waals surface area contributed by atoms with Crippen LogP contribution in [0, 0.1) is 0 Å². The topological polar surface area (TPSA) is 38.7 Å². The smallest absolute Gasteiger partial charge is 0.147 e. The number of ether oxygens (including phenoxy) is 2. The zero-order valence-electron chi connectivity index (χ0n) is 5.99. The highest BCUT2D eigenvalue weighted by molar-refractivity contribution is 5.03. The van der Waals surface area contributed by atoms with Crippen molar-refractivity contribution in [2.45, 2.75) is 18.6 Å². The van der Waals surface area contributed by atoms with Crippen molar-refractivity contribution in [2.75, 3.05) is 13.9 Å². The van der Waals surface area contributed by atoms with Gasteiger partial charge in [-0.2, -0.15) is 0 Å². The van der Waals surface area contributed by atoms with E-state index in [9.17, 15) is 0 Å². The van der Waals surface area contributed by atoms with Crippen molar-refractivity contribution in [2.24, 2.45) is 0 Å². The molecule has 0 unspecified atom stereocenters. The first-order chi connectivity index (χ1) is 4.83. The maximum absolute atomic E-state index is 8.99. The molecule has 0 spiro atoms. The molecule has 58 valence electrons. The Balaban J connectivity index is 2.14. The summed E-state index contributed by atoms with van der Waals surface area (Å²) in [7, 11) is 1.58. The number of aliphatic hydroxyl groups excluding tert-OH is 1. The molecule has 3 heteroatoms. The first-order valence-electron chi connectivity index (χ1n) is 3.30. The molecule has 0 radical (unpaired) electrons. The van der Waals surface area contributed by atoms with Crippen molar-refractivity contribution in [3.8, 4) is 0 Å². The monoisotopic (exact) mass is 144 g/mol. The van der Waals surface area contributed by atoms with Crippen LogP contribution in [0.4, 0.5) is 0 Å². The minimum absolute atomic E-state index is 0.0370. The molecule has 0 heterocycles. The Kier molecular flexibility index (Phi) is 2.86. The molecule has 0 aromatic carbocycles. The van der Waals surface area contributed by atoms with E-state index in [0.717, 1.165) is 0 Å². The van der Waals surface area contributed by atoms with Crippen LogP contribution in [0.25, 0.3) is 0 Å². The molecule has 0 aliphatic heterocycles. The molecule has 0 fully saturated rings. The van der Waals surface area contributed by atoms with Gasteiger partial charge in [0.1, 0.15) is 6.79 Å². The maximum Gasteiger partial charge on any atom is 0.147 e. The van der Waals surface area contributed by atoms with Crippen LogP contribution >= 0.6 is 0 Å². The van der Waals surface area contributed by atoms with E-state index in [1.165, 1.54) is 0 Å². The largest absolute Gasteiger partial charge is 0.389 e. The molecule has 2 atom stereocenters. The van der Waals surface area contributed by atoms with Crippen LogP contribution in [0.5, 0.6) is 0 Å². The molecule has 0 saturated heterocycles. The lowest BCUT2D eigenvalue weighted by atomic mass is 10.3. The molecule has 0 aromatic rings. The molecule has 1 aliphatic rings. The quantitative estimate of drug-likeness (QED) is 0.457. The van der Waals surface area contributed by atoms with E-state index < -0.39 is 0 Å². The summed E-state index contributed by atoms with van der Waals surface area (Å²) in [5.41, 5.74) is 0. The molecule has 0 aromatic heterocycles. The molecule has 10 heavy (non-hydrogen) atoms. The number of hydrogen-bond donors (Lipinski definition) is 1. The van der Waals surface area contributed by atoms with Gasteiger partial charge in [0.05, 0.1) is 12.2 Å². The van der Waals surface area contributed by atoms with Gasteiger partial charge in [0.15, 0.2) is 0 Å². The summed E-state index contributed by atoms with van der Waals surface area (Å²) in [4.78, 5) is 0. The average molecular weight is 144 g/mol. The molecule has 0 bridgehead atoms. The fourth-order valence-corrected chi connectivity index (χ4v) is 0.926. The minimum atomic E-state index is -0.332. The Morgan fingerprint density at radius 2 is 2.40 bits per heavy atom. The lowest BCUT2D eigenvalue weighted by Crippen LogP contribution is -2.12. The van der Waals surface area contributed by atoms with Gasteiger partial charge in [-0.1, -0.05) is 12.2 Å². The lowest BCUT2D eigenvalue weighted by molar-refractivity contribution is -0.0600. The van der Waals surface area contributed by atoms with Crippen molar-refractivity contribution in [3.05, 3.63) is 12.2 Å². The van der Waals surface area contributed by atoms with E-state index in [0.29, 0.717) is 13.2 Å². The summed E-state index contributed by atoms with van der Waals surface area (Å²) in [6.07, 6.45) is 3.95. The molecule has 0 saturated carbocycles. The van der Waals surface area contributed by atoms with Crippen molar-refractivity contribution >= 4 is 0 Å². The Hall–Kier alpha value is -0.380. The third-order valence-electron chi connectivity index (χ3n) is 1.42. The second-order valence-corrected chi connectivity index (χ2v) is 2.30. The van der Waals surface area contributed by atoms with Crippen molar-refractivity contribution in [1.29, 1.82) is 0 Å². The van der Waals surface area contributed by atoms with Gasteiger partial charge in [-0.05, 0) is 0 Å². The van der Waals surface area contributed by atoms with E-state index >= 15 is 0 Å². The van der Waals surface area contributed by atoms with Crippen LogP contribution in [0.1, 0.15) is 6.42 Å². The van der Waals surface area contributed by atoms with Crippen LogP contribution in [0.3, 0.4) is 0 Å². The molecule has 0 amide bonds. The highest BCUT2D eigenvalue weighted by Gasteiger charge is 2.16. The molecular weight excluding hydrogens is 132 g/mol. The first kappa shape index (κ1) is 7.72. The molecule has 3 nitrogen and oxygen atoms in total. The third-order valence-corrected chi connectivity index (χ3v) is 1.42. The highest BCUT2D eigenvalue weighted by Crippen LogP contribution is 2.13. The van der Waals surface area contributed by atoms with E-state index in [4.69, 9.17) is 14.6 Å². The fraction of sp³-hybridized carbons (Fsp3) is 0.714. The van der Waals surface area contributed by atoms with Gasteiger partial charge in [-0.15, -0.1) is 0 Å². The SMILES string of the molecule is COCO[C@H]1C=C[C@H](O)C1. The van der Waals surface area contributed by atoms with Crippen molar-refractivity contribution in [1.82, 2.24) is 0 Å². The molecular formula is C7H12O3. The van der Waals surface area contributed by atoms with E-state index in [1.54, 1.807) is 13.2 Å². The van der Waals surface area contributed by atoms with Gasteiger partial charge in [-0.25, -0.2) is 0 Å². The Morgan fingerprint density at radius 3 is 2.90 bits per heavy atom. The summed E-state index contributed by atoms with van der Waals surface area (Å²) in [5.74, 6) is 0. The van der Waals surface area contributed by atoms with E-state index in [-0.39, 0.29) is 12.2 Å². The third kappa shape index (κ3) is 2.10. The molecule has 1 rings (SSSR count).